The Morgan fingerprint density at radius 2 is 1.97 bits per heavy atom. The number of thioether (sulfide) groups is 1. The van der Waals surface area contributed by atoms with Crippen LogP contribution in [0.15, 0.2) is 40.7 Å². The lowest BCUT2D eigenvalue weighted by atomic mass is 10.1. The van der Waals surface area contributed by atoms with E-state index >= 15 is 0 Å². The third-order valence-corrected chi connectivity index (χ3v) is 6.58. The number of amides is 1. The molecular formula is C21H22N4O3S2. The predicted molar refractivity (Wildman–Crippen MR) is 121 cm³/mol. The minimum Gasteiger partial charge on any atom is -0.490 e. The van der Waals surface area contributed by atoms with Gasteiger partial charge in [0.2, 0.25) is 11.0 Å². The minimum absolute atomic E-state index is 0.117. The van der Waals surface area contributed by atoms with Crippen LogP contribution in [0, 0.1) is 13.8 Å². The predicted octanol–water partition coefficient (Wildman–Crippen LogP) is 4.79. The highest BCUT2D eigenvalue weighted by Crippen LogP contribution is 2.33. The molecule has 0 spiro atoms. The first-order valence-corrected chi connectivity index (χ1v) is 11.4. The summed E-state index contributed by atoms with van der Waals surface area (Å²) in [7, 11) is 0. The number of anilines is 3. The van der Waals surface area contributed by atoms with Gasteiger partial charge in [0.15, 0.2) is 15.8 Å². The Kier molecular flexibility index (Phi) is 6.39. The fourth-order valence-corrected chi connectivity index (χ4v) is 4.45. The van der Waals surface area contributed by atoms with Gasteiger partial charge in [-0.25, -0.2) is 0 Å². The van der Waals surface area contributed by atoms with Crippen LogP contribution in [0.5, 0.6) is 11.5 Å². The molecule has 4 rings (SSSR count). The summed E-state index contributed by atoms with van der Waals surface area (Å²) in [5.74, 6) is 1.49. The number of aromatic nitrogens is 2. The van der Waals surface area contributed by atoms with Crippen LogP contribution in [-0.4, -0.2) is 35.1 Å². The molecule has 2 aromatic carbocycles. The molecule has 156 valence electrons. The van der Waals surface area contributed by atoms with E-state index < -0.39 is 0 Å². The average molecular weight is 443 g/mol. The van der Waals surface area contributed by atoms with Gasteiger partial charge in [0, 0.05) is 23.9 Å². The largest absolute Gasteiger partial charge is 0.490 e. The lowest BCUT2D eigenvalue weighted by molar-refractivity contribution is -0.113. The third kappa shape index (κ3) is 5.03. The lowest BCUT2D eigenvalue weighted by Crippen LogP contribution is -2.14. The summed E-state index contributed by atoms with van der Waals surface area (Å²) in [4.78, 5) is 12.3. The molecule has 1 amide bonds. The Balaban J connectivity index is 1.31. The highest BCUT2D eigenvalue weighted by molar-refractivity contribution is 8.01. The average Bonchev–Trinajstić information content (AvgIpc) is 3.05. The van der Waals surface area contributed by atoms with Crippen molar-refractivity contribution in [2.45, 2.75) is 24.6 Å². The number of benzene rings is 2. The molecule has 1 aromatic heterocycles. The maximum absolute atomic E-state index is 12.3. The van der Waals surface area contributed by atoms with Crippen LogP contribution < -0.4 is 20.1 Å². The fraction of sp³-hybridized carbons (Fsp3) is 0.286. The second kappa shape index (κ2) is 9.36. The van der Waals surface area contributed by atoms with Crippen molar-refractivity contribution in [3.63, 3.8) is 0 Å². The number of rotatable bonds is 6. The van der Waals surface area contributed by atoms with E-state index in [1.165, 1.54) is 34.2 Å². The quantitative estimate of drug-likeness (QED) is 0.531. The van der Waals surface area contributed by atoms with Crippen LogP contribution in [-0.2, 0) is 4.79 Å². The molecule has 0 atom stereocenters. The van der Waals surface area contributed by atoms with E-state index in [1.54, 1.807) is 6.07 Å². The number of nitrogens with zero attached hydrogens (tertiary/aromatic N) is 2. The van der Waals surface area contributed by atoms with Gasteiger partial charge in [-0.3, -0.25) is 4.79 Å². The summed E-state index contributed by atoms with van der Waals surface area (Å²) in [6.07, 6.45) is 0.842. The Morgan fingerprint density at radius 1 is 1.13 bits per heavy atom. The Labute approximate surface area is 183 Å². The summed E-state index contributed by atoms with van der Waals surface area (Å²) in [6.45, 7) is 5.38. The van der Waals surface area contributed by atoms with Crippen molar-refractivity contribution in [1.82, 2.24) is 10.2 Å². The summed E-state index contributed by atoms with van der Waals surface area (Å²) in [6, 6.07) is 11.5. The molecule has 0 radical (unpaired) electrons. The van der Waals surface area contributed by atoms with Crippen LogP contribution in [0.25, 0.3) is 0 Å². The van der Waals surface area contributed by atoms with Gasteiger partial charge in [0.1, 0.15) is 0 Å². The maximum atomic E-state index is 12.3. The molecule has 7 nitrogen and oxygen atoms in total. The standard InChI is InChI=1S/C21H22N4O3S2/c1-13-5-3-6-16(14(13)2)23-20-24-25-21(30-20)29-12-19(26)22-15-7-8-17-18(11-15)28-10-4-9-27-17/h3,5-8,11H,4,9-10,12H2,1-2H3,(H,22,26)(H,23,24). The van der Waals surface area contributed by atoms with E-state index in [4.69, 9.17) is 9.47 Å². The Bertz CT molecular complexity index is 1050. The zero-order valence-corrected chi connectivity index (χ0v) is 18.4. The molecule has 1 aliphatic heterocycles. The maximum Gasteiger partial charge on any atom is 0.234 e. The van der Waals surface area contributed by atoms with Crippen molar-refractivity contribution in [3.05, 3.63) is 47.5 Å². The van der Waals surface area contributed by atoms with Crippen molar-refractivity contribution < 1.29 is 14.3 Å². The molecule has 0 aliphatic carbocycles. The van der Waals surface area contributed by atoms with Crippen LogP contribution >= 0.6 is 23.1 Å². The SMILES string of the molecule is Cc1cccc(Nc2nnc(SCC(=O)Nc3ccc4c(c3)OCCCO4)s2)c1C. The van der Waals surface area contributed by atoms with Crippen LogP contribution in [0.2, 0.25) is 0 Å². The first-order chi connectivity index (χ1) is 14.6. The Hall–Kier alpha value is -2.78. The number of hydrogen-bond acceptors (Lipinski definition) is 8. The van der Waals surface area contributed by atoms with Gasteiger partial charge in [-0.2, -0.15) is 0 Å². The highest BCUT2D eigenvalue weighted by atomic mass is 32.2. The number of carbonyl (C=O) groups excluding carboxylic acids is 1. The monoisotopic (exact) mass is 442 g/mol. The van der Waals surface area contributed by atoms with Gasteiger partial charge in [-0.15, -0.1) is 10.2 Å². The summed E-state index contributed by atoms with van der Waals surface area (Å²) < 4.78 is 12.0. The van der Waals surface area contributed by atoms with E-state index in [2.05, 4.69) is 40.7 Å². The van der Waals surface area contributed by atoms with Gasteiger partial charge >= 0.3 is 0 Å². The topological polar surface area (TPSA) is 85.4 Å². The van der Waals surface area contributed by atoms with E-state index in [0.717, 1.165) is 16.4 Å². The van der Waals surface area contributed by atoms with Gasteiger partial charge in [-0.1, -0.05) is 35.2 Å². The fourth-order valence-electron chi connectivity index (χ4n) is 2.89. The third-order valence-electron chi connectivity index (χ3n) is 4.61. The normalized spacial score (nSPS) is 12.9. The zero-order chi connectivity index (χ0) is 20.9. The van der Waals surface area contributed by atoms with E-state index in [1.807, 2.05) is 24.3 Å². The van der Waals surface area contributed by atoms with Crippen molar-refractivity contribution in [3.8, 4) is 11.5 Å². The molecule has 0 bridgehead atoms. The van der Waals surface area contributed by atoms with Crippen molar-refractivity contribution >= 4 is 45.5 Å². The second-order valence-electron chi connectivity index (χ2n) is 6.79. The van der Waals surface area contributed by atoms with Crippen LogP contribution in [0.3, 0.4) is 0 Å². The van der Waals surface area contributed by atoms with Gasteiger partial charge in [0.25, 0.3) is 0 Å². The summed E-state index contributed by atoms with van der Waals surface area (Å²) in [5, 5.41) is 15.2. The van der Waals surface area contributed by atoms with Crippen molar-refractivity contribution in [2.75, 3.05) is 29.6 Å². The molecule has 0 fully saturated rings. The van der Waals surface area contributed by atoms with Gasteiger partial charge in [-0.05, 0) is 43.2 Å². The van der Waals surface area contributed by atoms with Crippen LogP contribution in [0.4, 0.5) is 16.5 Å². The second-order valence-corrected chi connectivity index (χ2v) is 8.99. The van der Waals surface area contributed by atoms with E-state index in [0.29, 0.717) is 35.5 Å². The molecule has 0 unspecified atom stereocenters. The smallest absolute Gasteiger partial charge is 0.234 e. The summed E-state index contributed by atoms with van der Waals surface area (Å²) in [5.41, 5.74) is 4.08. The van der Waals surface area contributed by atoms with E-state index in [-0.39, 0.29) is 11.7 Å². The van der Waals surface area contributed by atoms with Gasteiger partial charge < -0.3 is 20.1 Å². The number of carbonyl (C=O) groups is 1. The minimum atomic E-state index is -0.117. The Morgan fingerprint density at radius 3 is 2.83 bits per heavy atom. The summed E-state index contributed by atoms with van der Waals surface area (Å²) >= 11 is 2.78. The number of nitrogens with one attached hydrogen (secondary N) is 2. The highest BCUT2D eigenvalue weighted by Gasteiger charge is 2.13. The number of ether oxygens (including phenoxy) is 2. The molecule has 0 saturated heterocycles. The van der Waals surface area contributed by atoms with Crippen molar-refractivity contribution in [1.29, 1.82) is 0 Å². The first kappa shape index (κ1) is 20.5. The first-order valence-electron chi connectivity index (χ1n) is 9.57. The van der Waals surface area contributed by atoms with Gasteiger partial charge in [0.05, 0.1) is 19.0 Å². The molecule has 0 saturated carbocycles. The number of hydrogen-bond donors (Lipinski definition) is 2. The molecule has 3 aromatic rings. The zero-order valence-electron chi connectivity index (χ0n) is 16.7. The van der Waals surface area contributed by atoms with E-state index in [9.17, 15) is 4.79 Å². The van der Waals surface area contributed by atoms with Crippen LogP contribution in [0.1, 0.15) is 17.5 Å². The molecule has 2 N–H and O–H groups in total. The lowest BCUT2D eigenvalue weighted by Gasteiger charge is -2.10. The number of aryl methyl sites for hydroxylation is 1. The molecule has 30 heavy (non-hydrogen) atoms. The van der Waals surface area contributed by atoms with Crippen molar-refractivity contribution in [2.24, 2.45) is 0 Å². The molecular weight excluding hydrogens is 420 g/mol. The molecule has 1 aliphatic rings. The molecule has 2 heterocycles. The molecule has 9 heteroatoms. The number of fused-ring (bicyclic) bond motifs is 1.